The molecule has 18 heteroatoms. The largest absolute Gasteiger partial charge is 0.573 e. The quantitative estimate of drug-likeness (QED) is 0.0874. The van der Waals surface area contributed by atoms with Crippen LogP contribution in [0.2, 0.25) is 0 Å². The van der Waals surface area contributed by atoms with E-state index in [1.807, 2.05) is 71.6 Å². The lowest BCUT2D eigenvalue weighted by Crippen LogP contribution is -2.56. The van der Waals surface area contributed by atoms with Crippen LogP contribution in [0.1, 0.15) is 85.5 Å². The summed E-state index contributed by atoms with van der Waals surface area (Å²) in [6, 6.07) is 40.0. The van der Waals surface area contributed by atoms with Crippen LogP contribution in [0.25, 0.3) is 11.1 Å². The van der Waals surface area contributed by atoms with Crippen LogP contribution in [-0.4, -0.2) is 98.0 Å². The molecule has 78 heavy (non-hydrogen) atoms. The van der Waals surface area contributed by atoms with Crippen LogP contribution in [0.5, 0.6) is 11.5 Å². The SMILES string of the molecule is O=C1NCN(c2ccccc2)C12CCN(CCCC(c1cccc(F)c1)c1ccc(-c3ccccc3N3CNC(=O)C34CCN(CCCC(c3ccc(OC(F)(F)F)cc3)c3ccc(OC(F)(F)F)cc3)CC4)c(F)c1)CC2. The number of carbonyl (C=O) groups excluding carboxylic acids is 2. The molecule has 0 aromatic heterocycles. The number of piperidine rings is 2. The third-order valence-corrected chi connectivity index (χ3v) is 16.2. The zero-order chi connectivity index (χ0) is 54.7. The molecule has 410 valence electrons. The van der Waals surface area contributed by atoms with Gasteiger partial charge >= 0.3 is 12.7 Å². The van der Waals surface area contributed by atoms with Gasteiger partial charge in [0.25, 0.3) is 0 Å². The smallest absolute Gasteiger partial charge is 0.406 e. The molecule has 1 unspecified atom stereocenters. The number of hydrogen-bond acceptors (Lipinski definition) is 8. The number of nitrogens with zero attached hydrogens (tertiary/aromatic N) is 4. The summed E-state index contributed by atoms with van der Waals surface area (Å²) in [5.74, 6) is -2.36. The predicted octanol–water partition coefficient (Wildman–Crippen LogP) is 12.1. The summed E-state index contributed by atoms with van der Waals surface area (Å²) in [6.07, 6.45) is -4.94. The molecular weight excluding hydrogens is 1020 g/mol. The van der Waals surface area contributed by atoms with Gasteiger partial charge in [-0.25, -0.2) is 8.78 Å². The topological polar surface area (TPSA) is 89.6 Å². The standard InChI is InChI=1S/C60H60F8N6O4/c61-45-10-6-9-43(37-45)50(15-8-32-71-33-27-57(28-34-71)55(75)69-39-73(57)46-11-2-1-3-12-46)44-21-26-51(53(62)38-44)52-13-4-5-16-54(52)74-40-70-56(76)58(74)29-35-72(36-30-58)31-7-14-49(41-17-22-47(23-18-41)77-59(63,64)65)42-19-24-48(25-20-42)78-60(66,67)68/h1-6,9-13,16-26,37-38,49-50H,7-8,14-15,27-36,39-40H2,(H,69,75)(H,70,76). The average Bonchev–Trinajstić information content (AvgIpc) is 4.15. The van der Waals surface area contributed by atoms with Gasteiger partial charge in [-0.2, -0.15) is 0 Å². The first-order valence-corrected chi connectivity index (χ1v) is 26.4. The molecule has 4 aliphatic rings. The summed E-state index contributed by atoms with van der Waals surface area (Å²) in [7, 11) is 0. The minimum Gasteiger partial charge on any atom is -0.406 e. The molecule has 6 aromatic rings. The van der Waals surface area contributed by atoms with Crippen molar-refractivity contribution in [3.8, 4) is 22.6 Å². The summed E-state index contributed by atoms with van der Waals surface area (Å²) < 4.78 is 117. The molecule has 0 radical (unpaired) electrons. The average molecular weight is 1080 g/mol. The van der Waals surface area contributed by atoms with Gasteiger partial charge in [0.1, 0.15) is 34.2 Å². The normalized spacial score (nSPS) is 18.2. The molecule has 2 N–H and O–H groups in total. The zero-order valence-corrected chi connectivity index (χ0v) is 42.8. The van der Waals surface area contributed by atoms with E-state index < -0.39 is 41.1 Å². The van der Waals surface area contributed by atoms with Crippen LogP contribution in [0.4, 0.5) is 46.5 Å². The first-order valence-electron chi connectivity index (χ1n) is 26.4. The second kappa shape index (κ2) is 22.7. The Morgan fingerprint density at radius 1 is 0.500 bits per heavy atom. The van der Waals surface area contributed by atoms with Crippen LogP contribution >= 0.6 is 0 Å². The van der Waals surface area contributed by atoms with Gasteiger partial charge in [-0.3, -0.25) is 9.59 Å². The van der Waals surface area contributed by atoms with E-state index in [9.17, 15) is 40.3 Å². The van der Waals surface area contributed by atoms with Crippen molar-refractivity contribution in [3.63, 3.8) is 0 Å². The number of halogens is 8. The van der Waals surface area contributed by atoms with Crippen molar-refractivity contribution in [3.05, 3.63) is 179 Å². The van der Waals surface area contributed by atoms with Crippen LogP contribution in [0, 0.1) is 11.6 Å². The van der Waals surface area contributed by atoms with E-state index in [-0.39, 0.29) is 36.1 Å². The summed E-state index contributed by atoms with van der Waals surface area (Å²) in [4.78, 5) is 36.1. The maximum absolute atomic E-state index is 16.9. The molecule has 4 heterocycles. The van der Waals surface area contributed by atoms with Crippen molar-refractivity contribution in [1.29, 1.82) is 0 Å². The zero-order valence-electron chi connectivity index (χ0n) is 42.8. The van der Waals surface area contributed by atoms with Crippen molar-refractivity contribution in [1.82, 2.24) is 20.4 Å². The van der Waals surface area contributed by atoms with Crippen molar-refractivity contribution >= 4 is 23.2 Å². The molecule has 0 aliphatic carbocycles. The Balaban J connectivity index is 0.799. The molecular formula is C60H60F8N6O4. The van der Waals surface area contributed by atoms with Gasteiger partial charge < -0.3 is 39.7 Å². The number of para-hydroxylation sites is 2. The Bertz CT molecular complexity index is 2980. The maximum atomic E-state index is 16.9. The predicted molar refractivity (Wildman–Crippen MR) is 281 cm³/mol. The van der Waals surface area contributed by atoms with E-state index in [0.717, 1.165) is 37.3 Å². The van der Waals surface area contributed by atoms with E-state index in [0.29, 0.717) is 105 Å². The summed E-state index contributed by atoms with van der Waals surface area (Å²) in [5, 5.41) is 6.12. The molecule has 4 aliphatic heterocycles. The Kier molecular flexibility index (Phi) is 15.7. The van der Waals surface area contributed by atoms with E-state index in [1.54, 1.807) is 18.2 Å². The Labute approximate surface area is 447 Å². The van der Waals surface area contributed by atoms with Gasteiger partial charge in [0.15, 0.2) is 0 Å². The fourth-order valence-electron chi connectivity index (χ4n) is 12.2. The second-order valence-electron chi connectivity index (χ2n) is 20.7. The number of nitrogens with one attached hydrogen (secondary N) is 2. The van der Waals surface area contributed by atoms with E-state index in [2.05, 4.69) is 34.8 Å². The van der Waals surface area contributed by atoms with Crippen molar-refractivity contribution in [2.45, 2.75) is 87.0 Å². The Morgan fingerprint density at radius 2 is 0.974 bits per heavy atom. The highest BCUT2D eigenvalue weighted by atomic mass is 19.4. The lowest BCUT2D eigenvalue weighted by atomic mass is 9.84. The van der Waals surface area contributed by atoms with Gasteiger partial charge in [0.05, 0.1) is 13.3 Å². The number of carbonyl (C=O) groups is 2. The van der Waals surface area contributed by atoms with Gasteiger partial charge in [-0.15, -0.1) is 26.3 Å². The molecule has 0 saturated carbocycles. The van der Waals surface area contributed by atoms with Gasteiger partial charge in [-0.05, 0) is 147 Å². The van der Waals surface area contributed by atoms with Crippen molar-refractivity contribution in [2.75, 3.05) is 62.4 Å². The number of hydrogen-bond donors (Lipinski definition) is 2. The van der Waals surface area contributed by atoms with E-state index in [4.69, 9.17) is 0 Å². The van der Waals surface area contributed by atoms with Gasteiger partial charge in [0, 0.05) is 60.5 Å². The van der Waals surface area contributed by atoms with Crippen molar-refractivity contribution in [2.24, 2.45) is 0 Å². The number of ether oxygens (including phenoxy) is 2. The first-order chi connectivity index (χ1) is 37.5. The highest BCUT2D eigenvalue weighted by Crippen LogP contribution is 2.44. The third-order valence-electron chi connectivity index (χ3n) is 16.2. The Morgan fingerprint density at radius 3 is 1.50 bits per heavy atom. The number of alkyl halides is 6. The highest BCUT2D eigenvalue weighted by Gasteiger charge is 2.52. The highest BCUT2D eigenvalue weighted by molar-refractivity contribution is 5.96. The Hall–Kier alpha value is -7.18. The minimum atomic E-state index is -4.88. The minimum absolute atomic E-state index is 0.0595. The molecule has 1 atom stereocenters. The molecule has 10 rings (SSSR count). The number of rotatable bonds is 17. The number of amides is 2. The van der Waals surface area contributed by atoms with Crippen LogP contribution in [-0.2, 0) is 9.59 Å². The van der Waals surface area contributed by atoms with E-state index in [1.165, 1.54) is 60.7 Å². The monoisotopic (exact) mass is 1080 g/mol. The maximum Gasteiger partial charge on any atom is 0.573 e. The van der Waals surface area contributed by atoms with Crippen LogP contribution in [0.3, 0.4) is 0 Å². The molecule has 2 amide bonds. The molecule has 10 nitrogen and oxygen atoms in total. The fraction of sp³-hybridized carbons (Fsp3) is 0.367. The number of likely N-dealkylation sites (tertiary alicyclic amines) is 2. The number of benzene rings is 6. The molecule has 6 aromatic carbocycles. The second-order valence-corrected chi connectivity index (χ2v) is 20.7. The molecule has 4 fully saturated rings. The summed E-state index contributed by atoms with van der Waals surface area (Å²) >= 11 is 0. The van der Waals surface area contributed by atoms with Crippen molar-refractivity contribution < 1.29 is 54.2 Å². The third kappa shape index (κ3) is 11.9. The molecule has 0 bridgehead atoms. The first kappa shape index (κ1) is 54.2. The van der Waals surface area contributed by atoms with E-state index >= 15 is 4.39 Å². The summed E-state index contributed by atoms with van der Waals surface area (Å²) in [5.41, 5.74) is 3.94. The fourth-order valence-corrected chi connectivity index (χ4v) is 12.2. The van der Waals surface area contributed by atoms with Gasteiger partial charge in [-0.1, -0.05) is 84.9 Å². The molecule has 4 saturated heterocycles. The summed E-state index contributed by atoms with van der Waals surface area (Å²) in [6.45, 7) is 4.66. The van der Waals surface area contributed by atoms with Crippen LogP contribution in [0.15, 0.2) is 146 Å². The molecule has 2 spiro atoms. The van der Waals surface area contributed by atoms with Gasteiger partial charge in [0.2, 0.25) is 11.8 Å². The lowest BCUT2D eigenvalue weighted by Gasteiger charge is -2.44. The number of anilines is 2. The van der Waals surface area contributed by atoms with Crippen LogP contribution < -0.4 is 29.9 Å². The lowest BCUT2D eigenvalue weighted by molar-refractivity contribution is -0.275.